The molecular weight excluding hydrogens is 1190 g/mol. The molecular formula is C59H84N16O16. The highest BCUT2D eigenvalue weighted by Gasteiger charge is 2.32. The SMILES string of the molecule is Cn1cc(NC(=O)c2nccn2C)cc1NC(=O)CCC(=O)Nc1cn(C)c(C(=O)Nc2cc(NC(=O)C(C)(C)CC(=O)Nc3cn(C)c(C(=O)NCCOCCOCCOCCOCCOCCOCCOCCOCCOc4ccc(N)cc4)n3)n(C)c2)n1. The summed E-state index contributed by atoms with van der Waals surface area (Å²) in [7, 11) is 8.21. The molecule has 0 bridgehead atoms. The molecule has 32 nitrogen and oxygen atoms in total. The summed E-state index contributed by atoms with van der Waals surface area (Å²) in [5.74, 6) is -1.65. The fraction of sp³-hybridized carbons (Fsp3) is 0.492. The van der Waals surface area contributed by atoms with Crippen LogP contribution in [-0.4, -0.2) is 198 Å². The molecule has 0 saturated carbocycles. The highest BCUT2D eigenvalue weighted by Crippen LogP contribution is 2.27. The first-order chi connectivity index (χ1) is 43.7. The first-order valence-corrected chi connectivity index (χ1v) is 29.3. The number of nitrogens with two attached hydrogens (primary N) is 1. The molecule has 496 valence electrons. The van der Waals surface area contributed by atoms with Gasteiger partial charge in [-0.3, -0.25) is 33.6 Å². The van der Waals surface area contributed by atoms with Crippen LogP contribution in [0, 0.1) is 5.41 Å². The molecule has 32 heteroatoms. The third kappa shape index (κ3) is 25.1. The number of anilines is 7. The van der Waals surface area contributed by atoms with Gasteiger partial charge in [0.2, 0.25) is 35.3 Å². The molecule has 0 aliphatic carbocycles. The number of benzene rings is 1. The Bertz CT molecular complexity index is 3290. The Hall–Kier alpha value is -9.02. The molecule has 0 saturated heterocycles. The zero-order chi connectivity index (χ0) is 65.5. The van der Waals surface area contributed by atoms with E-state index in [2.05, 4.69) is 52.2 Å². The van der Waals surface area contributed by atoms with Crippen LogP contribution in [0.2, 0.25) is 0 Å². The lowest BCUT2D eigenvalue weighted by Gasteiger charge is -2.22. The van der Waals surface area contributed by atoms with Crippen molar-refractivity contribution in [1.82, 2.24) is 43.1 Å². The Morgan fingerprint density at radius 3 is 1.35 bits per heavy atom. The number of hydrogen-bond donors (Lipinski definition) is 8. The minimum Gasteiger partial charge on any atom is -0.491 e. The smallest absolute Gasteiger partial charge is 0.291 e. The van der Waals surface area contributed by atoms with E-state index in [1.165, 1.54) is 33.8 Å². The minimum absolute atomic E-state index is 0.0443. The Morgan fingerprint density at radius 1 is 0.462 bits per heavy atom. The van der Waals surface area contributed by atoms with Gasteiger partial charge in [0.15, 0.2) is 17.5 Å². The summed E-state index contributed by atoms with van der Waals surface area (Å²) >= 11 is 0. The van der Waals surface area contributed by atoms with E-state index in [1.54, 1.807) is 99.6 Å². The Morgan fingerprint density at radius 2 is 0.879 bits per heavy atom. The molecule has 6 aromatic rings. The number of imidazole rings is 3. The molecule has 0 aliphatic rings. The highest BCUT2D eigenvalue weighted by atomic mass is 16.6. The number of carbonyl (C=O) groups is 7. The van der Waals surface area contributed by atoms with Crippen LogP contribution in [0.1, 0.15) is 65.0 Å². The van der Waals surface area contributed by atoms with E-state index >= 15 is 0 Å². The van der Waals surface area contributed by atoms with Crippen molar-refractivity contribution >= 4 is 81.7 Å². The lowest BCUT2D eigenvalue weighted by atomic mass is 9.88. The van der Waals surface area contributed by atoms with Crippen molar-refractivity contribution in [2.24, 2.45) is 40.7 Å². The molecule has 0 fully saturated rings. The molecule has 0 aliphatic heterocycles. The lowest BCUT2D eigenvalue weighted by Crippen LogP contribution is -2.35. The number of nitrogen functional groups attached to an aromatic ring is 1. The third-order valence-electron chi connectivity index (χ3n) is 13.1. The number of carbonyl (C=O) groups excluding carboxylic acids is 7. The molecule has 0 atom stereocenters. The van der Waals surface area contributed by atoms with Crippen LogP contribution in [0.5, 0.6) is 5.75 Å². The van der Waals surface area contributed by atoms with Gasteiger partial charge >= 0.3 is 0 Å². The van der Waals surface area contributed by atoms with Crippen LogP contribution >= 0.6 is 0 Å². The third-order valence-corrected chi connectivity index (χ3v) is 13.1. The van der Waals surface area contributed by atoms with Crippen molar-refractivity contribution in [3.05, 3.63) is 91.1 Å². The summed E-state index contributed by atoms with van der Waals surface area (Å²) in [4.78, 5) is 104. The fourth-order valence-corrected chi connectivity index (χ4v) is 8.28. The van der Waals surface area contributed by atoms with Crippen LogP contribution in [-0.2, 0) is 92.3 Å². The standard InChI is InChI=1S/C59H84N16O16/c1-59(2,58(82)70-48-35-43(38-73(48)5)64-57(81)54-68-45(39-75(54)7)65-49(76)12-13-50(77)69-47-34-42(37-72(47)4)63-56(80)52-61-14-16-71(52)3)36-51(78)66-46-40-74(6)53(67-46)55(79)62-15-17-83-18-19-84-20-21-85-22-23-86-24-25-87-26-27-88-28-29-89-30-31-90-32-33-91-44-10-8-41(60)9-11-44/h8-11,14,16,34-35,37-40H,12-13,15,17-33,36,60H2,1-7H3,(H,62,79)(H,63,80)(H,64,81)(H,65,76)(H,66,78)(H,69,77)(H,70,82). The van der Waals surface area contributed by atoms with Crippen molar-refractivity contribution in [3.8, 4) is 5.75 Å². The summed E-state index contributed by atoms with van der Waals surface area (Å²) in [6.07, 6.45) is 8.64. The number of rotatable bonds is 43. The number of aryl methyl sites for hydroxylation is 5. The van der Waals surface area contributed by atoms with Crippen molar-refractivity contribution < 1.29 is 76.2 Å². The van der Waals surface area contributed by atoms with Gasteiger partial charge in [-0.15, -0.1) is 0 Å². The van der Waals surface area contributed by atoms with Crippen LogP contribution < -0.4 is 47.7 Å². The Balaban J connectivity index is 0.748. The van der Waals surface area contributed by atoms with E-state index in [0.29, 0.717) is 134 Å². The van der Waals surface area contributed by atoms with Gasteiger partial charge in [-0.05, 0) is 24.3 Å². The van der Waals surface area contributed by atoms with Crippen molar-refractivity contribution in [1.29, 1.82) is 0 Å². The summed E-state index contributed by atoms with van der Waals surface area (Å²) in [5, 5.41) is 19.0. The van der Waals surface area contributed by atoms with Crippen LogP contribution in [0.15, 0.2) is 73.6 Å². The van der Waals surface area contributed by atoms with E-state index < -0.39 is 46.8 Å². The maximum absolute atomic E-state index is 13.5. The molecule has 91 heavy (non-hydrogen) atoms. The monoisotopic (exact) mass is 1270 g/mol. The average molecular weight is 1270 g/mol. The molecule has 5 heterocycles. The summed E-state index contributed by atoms with van der Waals surface area (Å²) in [6, 6.07) is 10.3. The van der Waals surface area contributed by atoms with Crippen LogP contribution in [0.25, 0.3) is 0 Å². The number of nitrogens with zero attached hydrogens (tertiary/aromatic N) is 8. The molecule has 0 spiro atoms. The van der Waals surface area contributed by atoms with Gasteiger partial charge in [-0.1, -0.05) is 13.8 Å². The maximum atomic E-state index is 13.5. The van der Waals surface area contributed by atoms with Gasteiger partial charge in [-0.25, -0.2) is 15.0 Å². The first kappa shape index (κ1) is 71.1. The average Bonchev–Trinajstić information content (AvgIpc) is 2.86. The normalized spacial score (nSPS) is 11.3. The fourth-order valence-electron chi connectivity index (χ4n) is 8.28. The van der Waals surface area contributed by atoms with E-state index in [-0.39, 0.29) is 61.5 Å². The quantitative estimate of drug-likeness (QED) is 0.0201. The van der Waals surface area contributed by atoms with Gasteiger partial charge in [-0.2, -0.15) is 0 Å². The zero-order valence-corrected chi connectivity index (χ0v) is 52.5. The zero-order valence-electron chi connectivity index (χ0n) is 52.5. The van der Waals surface area contributed by atoms with E-state index in [4.69, 9.17) is 48.4 Å². The second-order valence-electron chi connectivity index (χ2n) is 21.1. The van der Waals surface area contributed by atoms with Crippen LogP contribution in [0.4, 0.5) is 40.3 Å². The number of hydrogen-bond acceptors (Lipinski definition) is 20. The van der Waals surface area contributed by atoms with E-state index in [9.17, 15) is 33.6 Å². The number of nitrogens with one attached hydrogen (secondary N) is 7. The molecule has 5 aromatic heterocycles. The molecule has 9 N–H and O–H groups in total. The summed E-state index contributed by atoms with van der Waals surface area (Å²) < 4.78 is 57.3. The highest BCUT2D eigenvalue weighted by molar-refractivity contribution is 6.05. The van der Waals surface area contributed by atoms with Crippen molar-refractivity contribution in [3.63, 3.8) is 0 Å². The van der Waals surface area contributed by atoms with E-state index in [0.717, 1.165) is 5.75 Å². The number of aromatic nitrogens is 8. The Labute approximate surface area is 526 Å². The number of ether oxygens (including phenoxy) is 9. The number of amides is 7. The molecule has 1 aromatic carbocycles. The van der Waals surface area contributed by atoms with E-state index in [1.807, 2.05) is 12.1 Å². The Kier molecular flexibility index (Phi) is 29.1. The lowest BCUT2D eigenvalue weighted by molar-refractivity contribution is -0.129. The summed E-state index contributed by atoms with van der Waals surface area (Å²) in [5.41, 5.74) is 5.87. The van der Waals surface area contributed by atoms with Gasteiger partial charge in [0.25, 0.3) is 17.7 Å². The maximum Gasteiger partial charge on any atom is 0.291 e. The van der Waals surface area contributed by atoms with Crippen molar-refractivity contribution in [2.45, 2.75) is 33.1 Å². The topological polar surface area (TPSA) is 376 Å². The predicted octanol–water partition coefficient (Wildman–Crippen LogP) is 2.94. The van der Waals surface area contributed by atoms with Crippen LogP contribution in [0.3, 0.4) is 0 Å². The second kappa shape index (κ2) is 37.2. The molecule has 0 unspecified atom stereocenters. The minimum atomic E-state index is -1.23. The largest absolute Gasteiger partial charge is 0.491 e. The molecule has 6 rings (SSSR count). The van der Waals surface area contributed by atoms with Gasteiger partial charge in [0.1, 0.15) is 24.0 Å². The van der Waals surface area contributed by atoms with Gasteiger partial charge in [0, 0.05) is 116 Å². The predicted molar refractivity (Wildman–Crippen MR) is 334 cm³/mol. The molecule has 7 amide bonds. The second-order valence-corrected chi connectivity index (χ2v) is 21.1. The summed E-state index contributed by atoms with van der Waals surface area (Å²) in [6.45, 7) is 10.4. The van der Waals surface area contributed by atoms with Crippen molar-refractivity contribution in [2.75, 3.05) is 156 Å². The first-order valence-electron chi connectivity index (χ1n) is 29.3. The van der Waals surface area contributed by atoms with Gasteiger partial charge < -0.3 is 108 Å². The molecule has 0 radical (unpaired) electrons. The van der Waals surface area contributed by atoms with Gasteiger partial charge in [0.05, 0.1) is 122 Å².